The molecule has 0 fully saturated rings. The Labute approximate surface area is 597 Å². The lowest BCUT2D eigenvalue weighted by molar-refractivity contribution is -0.122. The fourth-order valence-corrected chi connectivity index (χ4v) is 9.71. The van der Waals surface area contributed by atoms with Crippen molar-refractivity contribution in [1.29, 1.82) is 0 Å². The number of carbonyl (C=O) groups excluding carboxylic acids is 9. The first-order valence-corrected chi connectivity index (χ1v) is 39.4. The van der Waals surface area contributed by atoms with Crippen LogP contribution in [0.2, 0.25) is 0 Å². The number of hydrogen-bond acceptors (Lipinski definition) is 16. The molecule has 0 aromatic rings. The number of rotatable bonds is 65. The molecule has 0 aromatic heterocycles. The van der Waals surface area contributed by atoms with E-state index in [0.29, 0.717) is 125 Å². The molecule has 3 amide bonds. The van der Waals surface area contributed by atoms with Crippen LogP contribution in [0.5, 0.6) is 0 Å². The van der Waals surface area contributed by atoms with Gasteiger partial charge in [-0.25, -0.2) is 0 Å². The number of amides is 3. The topological polar surface area (TPSA) is 230 Å². The zero-order chi connectivity index (χ0) is 73.8. The van der Waals surface area contributed by atoms with Crippen molar-refractivity contribution in [1.82, 2.24) is 51.1 Å². The summed E-state index contributed by atoms with van der Waals surface area (Å²) in [6.45, 7) is 35.2. The average Bonchev–Trinajstić information content (AvgIpc) is 3.22. The highest BCUT2D eigenvalue weighted by molar-refractivity contribution is 5.81. The summed E-state index contributed by atoms with van der Waals surface area (Å²) in [5.41, 5.74) is 0. The Bertz CT molecular complexity index is 1800. The lowest BCUT2D eigenvalue weighted by Gasteiger charge is -2.25. The van der Waals surface area contributed by atoms with Crippen LogP contribution in [-0.2, 0) is 43.2 Å². The molecule has 0 rings (SSSR count). The van der Waals surface area contributed by atoms with Gasteiger partial charge in [0.2, 0.25) is 17.7 Å². The fourth-order valence-electron chi connectivity index (χ4n) is 9.71. The molecule has 19 nitrogen and oxygen atoms in total. The number of carbonyl (C=O) groups is 9. The summed E-state index contributed by atoms with van der Waals surface area (Å²) in [6, 6.07) is 0. The molecule has 19 heteroatoms. The van der Waals surface area contributed by atoms with Crippen LogP contribution >= 0.6 is 0 Å². The van der Waals surface area contributed by atoms with Gasteiger partial charge in [0.05, 0.1) is 0 Å². The summed E-state index contributed by atoms with van der Waals surface area (Å²) >= 11 is 0. The van der Waals surface area contributed by atoms with E-state index in [1.807, 2.05) is 28.1 Å². The molecule has 0 bridgehead atoms. The first-order valence-electron chi connectivity index (χ1n) is 39.4. The SMILES string of the molecule is CCCCC(=O)CCCCCN(C)CCC(=O)NCCC.CCCCC(=O)CCCCCNC.CCCCC(=O)CCN(CCC(=O)CCCC)CCN(C)CCC(=O)NCCC.CCCCC(=O)CCN(CCNC)CCC(=O)CCCC.CCCNC(=O)CCN(C)CCC. The van der Waals surface area contributed by atoms with Crippen LogP contribution in [-0.4, -0.2) is 223 Å². The highest BCUT2D eigenvalue weighted by atomic mass is 16.2. The van der Waals surface area contributed by atoms with Gasteiger partial charge in [-0.05, 0) is 145 Å². The number of ketones is 6. The predicted molar refractivity (Wildman–Crippen MR) is 410 cm³/mol. The van der Waals surface area contributed by atoms with Gasteiger partial charge in [0.1, 0.15) is 34.7 Å². The Balaban J connectivity index is -0.000000375. The van der Waals surface area contributed by atoms with E-state index in [4.69, 9.17) is 0 Å². The predicted octanol–water partition coefficient (Wildman–Crippen LogP) is 13.2. The second-order valence-corrected chi connectivity index (χ2v) is 26.6. The van der Waals surface area contributed by atoms with Crippen LogP contribution in [0.1, 0.15) is 307 Å². The molecule has 0 saturated carbocycles. The van der Waals surface area contributed by atoms with Crippen molar-refractivity contribution in [3.8, 4) is 0 Å². The van der Waals surface area contributed by atoms with Gasteiger partial charge in [0.15, 0.2) is 0 Å². The molecule has 0 atom stereocenters. The molecule has 0 radical (unpaired) electrons. The second-order valence-electron chi connectivity index (χ2n) is 26.6. The molecule has 0 saturated heterocycles. The van der Waals surface area contributed by atoms with Gasteiger partial charge in [-0.3, -0.25) is 43.2 Å². The van der Waals surface area contributed by atoms with E-state index in [2.05, 4.69) is 127 Å². The molecule has 0 spiro atoms. The van der Waals surface area contributed by atoms with Gasteiger partial charge in [-0.1, -0.05) is 121 Å². The molecule has 0 aliphatic heterocycles. The van der Waals surface area contributed by atoms with Crippen molar-refractivity contribution >= 4 is 52.4 Å². The smallest absolute Gasteiger partial charge is 0.221 e. The third kappa shape index (κ3) is 84.5. The van der Waals surface area contributed by atoms with Crippen LogP contribution in [0.4, 0.5) is 0 Å². The Morgan fingerprint density at radius 2 is 0.495 bits per heavy atom. The Morgan fingerprint density at radius 3 is 0.794 bits per heavy atom. The van der Waals surface area contributed by atoms with Gasteiger partial charge in [-0.15, -0.1) is 0 Å². The number of likely N-dealkylation sites (N-methyl/N-ethyl adjacent to an activating group) is 2. The van der Waals surface area contributed by atoms with Gasteiger partial charge in [0, 0.05) is 188 Å². The summed E-state index contributed by atoms with van der Waals surface area (Å²) in [4.78, 5) is 116. The number of hydrogen-bond donors (Lipinski definition) is 5. The van der Waals surface area contributed by atoms with Crippen molar-refractivity contribution in [2.75, 3.05) is 146 Å². The molecule has 0 aliphatic carbocycles. The zero-order valence-corrected chi connectivity index (χ0v) is 66.1. The molecular weight excluding hydrogens is 1220 g/mol. The fraction of sp³-hybridized carbons (Fsp3) is 0.885. The van der Waals surface area contributed by atoms with E-state index in [0.717, 1.165) is 246 Å². The first kappa shape index (κ1) is 102. The van der Waals surface area contributed by atoms with Crippen molar-refractivity contribution in [3.05, 3.63) is 0 Å². The maximum absolute atomic E-state index is 12.0. The molecule has 0 heterocycles. The minimum Gasteiger partial charge on any atom is -0.356 e. The van der Waals surface area contributed by atoms with Gasteiger partial charge >= 0.3 is 0 Å². The van der Waals surface area contributed by atoms with Crippen molar-refractivity contribution in [2.45, 2.75) is 307 Å². The zero-order valence-electron chi connectivity index (χ0n) is 66.1. The van der Waals surface area contributed by atoms with Gasteiger partial charge in [0.25, 0.3) is 0 Å². The normalized spacial score (nSPS) is 10.9. The Kier molecular flexibility index (Phi) is 85.1. The summed E-state index contributed by atoms with van der Waals surface area (Å²) in [5, 5.41) is 14.9. The first-order chi connectivity index (χ1) is 46.7. The quantitative estimate of drug-likeness (QED) is 0.0357. The largest absolute Gasteiger partial charge is 0.356 e. The Morgan fingerprint density at radius 1 is 0.216 bits per heavy atom. The average molecular weight is 1380 g/mol. The monoisotopic (exact) mass is 1380 g/mol. The van der Waals surface area contributed by atoms with E-state index in [1.165, 1.54) is 12.8 Å². The number of nitrogens with zero attached hydrogens (tertiary/aromatic N) is 5. The standard InChI is InChI=1S/C23H45N3O3.2C17H34N2O2.C11H23NO.C10H22N2O/c1-5-8-10-21(27)12-17-26(18-13-22(28)11-9-6-2)20-19-25(4)16-14-23(29)24-15-7-3;1-4-6-10-16(20)11-8-7-9-14-19(3)15-12-17(21)18-13-5-2;1-4-6-8-16(20)10-13-19(15-12-18-3)14-11-17(21)9-7-5-2;1-3-4-8-11(13)9-6-5-7-10-12-2;1-4-7-11-10(13)6-9-12(3)8-5-2/h5-20H2,1-4H3,(H,24,29);4-15H2,1-3H3,(H,18,21);18H,4-15H2,1-3H3;12H,3-10H2,1-2H3;4-9H2,1-3H3,(H,11,13). The molecule has 97 heavy (non-hydrogen) atoms. The lowest BCUT2D eigenvalue weighted by atomic mass is 10.1. The minimum absolute atomic E-state index is 0.0959. The highest BCUT2D eigenvalue weighted by Gasteiger charge is 2.15. The van der Waals surface area contributed by atoms with Crippen LogP contribution in [0, 0.1) is 0 Å². The third-order valence-electron chi connectivity index (χ3n) is 16.5. The number of Topliss-reactive ketones (excluding diaryl/α,β-unsaturated/α-hetero) is 6. The maximum atomic E-state index is 12.0. The molecule has 0 aliphatic rings. The number of nitrogens with one attached hydrogen (secondary N) is 5. The van der Waals surface area contributed by atoms with E-state index in [9.17, 15) is 43.2 Å². The molecule has 574 valence electrons. The van der Waals surface area contributed by atoms with E-state index >= 15 is 0 Å². The van der Waals surface area contributed by atoms with E-state index < -0.39 is 0 Å². The van der Waals surface area contributed by atoms with Gasteiger partial charge < -0.3 is 51.1 Å². The molecule has 0 unspecified atom stereocenters. The lowest BCUT2D eigenvalue weighted by Crippen LogP contribution is -2.37. The van der Waals surface area contributed by atoms with E-state index in [1.54, 1.807) is 0 Å². The second kappa shape index (κ2) is 81.1. The van der Waals surface area contributed by atoms with Crippen molar-refractivity contribution < 1.29 is 43.2 Å². The van der Waals surface area contributed by atoms with Crippen LogP contribution in [0.15, 0.2) is 0 Å². The molecular formula is C78H158N10O9. The molecule has 5 N–H and O–H groups in total. The highest BCUT2D eigenvalue weighted by Crippen LogP contribution is 2.10. The maximum Gasteiger partial charge on any atom is 0.221 e. The van der Waals surface area contributed by atoms with Crippen LogP contribution < -0.4 is 26.6 Å². The van der Waals surface area contributed by atoms with Gasteiger partial charge in [-0.2, -0.15) is 0 Å². The third-order valence-corrected chi connectivity index (χ3v) is 16.5. The summed E-state index contributed by atoms with van der Waals surface area (Å²) in [7, 11) is 10.0. The summed E-state index contributed by atoms with van der Waals surface area (Å²) in [5.74, 6) is 2.61. The minimum atomic E-state index is 0.0959. The molecule has 0 aromatic carbocycles. The Hall–Kier alpha value is -3.85. The summed E-state index contributed by atoms with van der Waals surface area (Å²) in [6.07, 6.45) is 33.0. The van der Waals surface area contributed by atoms with Crippen LogP contribution in [0.25, 0.3) is 0 Å². The van der Waals surface area contributed by atoms with Crippen molar-refractivity contribution in [2.24, 2.45) is 0 Å². The van der Waals surface area contributed by atoms with Crippen molar-refractivity contribution in [3.63, 3.8) is 0 Å². The van der Waals surface area contributed by atoms with Crippen LogP contribution in [0.3, 0.4) is 0 Å². The van der Waals surface area contributed by atoms with E-state index in [-0.39, 0.29) is 17.7 Å². The number of unbranched alkanes of at least 4 members (excludes halogenated alkanes) is 10. The summed E-state index contributed by atoms with van der Waals surface area (Å²) < 4.78 is 0.